The van der Waals surface area contributed by atoms with Crippen LogP contribution in [0.5, 0.6) is 5.75 Å². The smallest absolute Gasteiger partial charge is 0.223 e. The molecule has 0 spiro atoms. The maximum absolute atomic E-state index is 5.07. The van der Waals surface area contributed by atoms with Gasteiger partial charge in [-0.1, -0.05) is 0 Å². The summed E-state index contributed by atoms with van der Waals surface area (Å²) in [5.41, 5.74) is 0. The number of ether oxygens (including phenoxy) is 1. The van der Waals surface area contributed by atoms with Crippen LogP contribution in [0.15, 0.2) is 29.7 Å². The van der Waals surface area contributed by atoms with Crippen LogP contribution in [0.4, 0.5) is 0 Å². The molecular formula is C9H12N2O2. The second-order valence-electron chi connectivity index (χ2n) is 2.32. The van der Waals surface area contributed by atoms with Gasteiger partial charge in [-0.2, -0.15) is 0 Å². The third kappa shape index (κ3) is 3.55. The summed E-state index contributed by atoms with van der Waals surface area (Å²) in [5.74, 6) is 1.10. The van der Waals surface area contributed by atoms with E-state index in [2.05, 4.69) is 10.1 Å². The Morgan fingerprint density at radius 1 is 1.62 bits per heavy atom. The highest BCUT2D eigenvalue weighted by atomic mass is 16.6. The van der Waals surface area contributed by atoms with Gasteiger partial charge < -0.3 is 9.57 Å². The Balaban J connectivity index is 2.47. The van der Waals surface area contributed by atoms with Gasteiger partial charge in [-0.3, -0.25) is 4.98 Å². The van der Waals surface area contributed by atoms with Crippen LogP contribution in [0.25, 0.3) is 0 Å². The average molecular weight is 180 g/mol. The van der Waals surface area contributed by atoms with Gasteiger partial charge in [0.25, 0.3) is 0 Å². The first-order valence-electron chi connectivity index (χ1n) is 4.07. The molecule has 0 amide bonds. The van der Waals surface area contributed by atoms with Crippen molar-refractivity contribution >= 4 is 5.90 Å². The van der Waals surface area contributed by atoms with Crippen molar-refractivity contribution in [1.29, 1.82) is 0 Å². The Labute approximate surface area is 77.2 Å². The average Bonchev–Trinajstić information content (AvgIpc) is 2.17. The first-order valence-corrected chi connectivity index (χ1v) is 4.07. The molecule has 0 N–H and O–H groups in total. The molecule has 70 valence electrons. The second kappa shape index (κ2) is 5.13. The van der Waals surface area contributed by atoms with E-state index in [1.807, 2.05) is 6.92 Å². The van der Waals surface area contributed by atoms with E-state index in [-0.39, 0.29) is 0 Å². The second-order valence-corrected chi connectivity index (χ2v) is 2.32. The van der Waals surface area contributed by atoms with Crippen LogP contribution in [0, 0.1) is 0 Å². The van der Waals surface area contributed by atoms with Gasteiger partial charge in [-0.25, -0.2) is 0 Å². The number of pyridine rings is 1. The number of nitrogens with zero attached hydrogens (tertiary/aromatic N) is 2. The fourth-order valence-corrected chi connectivity index (χ4v) is 0.753. The lowest BCUT2D eigenvalue weighted by Crippen LogP contribution is -2.00. The molecule has 4 nitrogen and oxygen atoms in total. The molecule has 0 bridgehead atoms. The van der Waals surface area contributed by atoms with Crippen LogP contribution in [-0.4, -0.2) is 17.5 Å². The largest absolute Gasteiger partial charge is 0.479 e. The Morgan fingerprint density at radius 2 is 2.46 bits per heavy atom. The van der Waals surface area contributed by atoms with Gasteiger partial charge >= 0.3 is 0 Å². The molecule has 1 heterocycles. The van der Waals surface area contributed by atoms with E-state index in [0.717, 1.165) is 0 Å². The zero-order valence-corrected chi connectivity index (χ0v) is 7.73. The predicted molar refractivity (Wildman–Crippen MR) is 49.6 cm³/mol. The predicted octanol–water partition coefficient (Wildman–Crippen LogP) is 1.83. The number of aromatic nitrogens is 1. The molecule has 13 heavy (non-hydrogen) atoms. The number of hydrogen-bond donors (Lipinski definition) is 0. The van der Waals surface area contributed by atoms with E-state index in [1.165, 1.54) is 0 Å². The molecule has 0 atom stereocenters. The third-order valence-corrected chi connectivity index (χ3v) is 1.27. The highest BCUT2D eigenvalue weighted by Gasteiger charge is 1.92. The normalized spacial score (nSPS) is 11.1. The lowest BCUT2D eigenvalue weighted by Gasteiger charge is -2.00. The minimum Gasteiger partial charge on any atom is -0.479 e. The Hall–Kier alpha value is -1.58. The van der Waals surface area contributed by atoms with Crippen molar-refractivity contribution < 1.29 is 9.57 Å². The molecule has 0 aliphatic rings. The molecule has 0 radical (unpaired) electrons. The first kappa shape index (κ1) is 9.51. The van der Waals surface area contributed by atoms with Crippen LogP contribution in [-0.2, 0) is 4.74 Å². The van der Waals surface area contributed by atoms with Crippen molar-refractivity contribution in [3.05, 3.63) is 24.5 Å². The maximum atomic E-state index is 5.07. The summed E-state index contributed by atoms with van der Waals surface area (Å²) in [4.78, 5) is 8.89. The van der Waals surface area contributed by atoms with Crippen molar-refractivity contribution in [3.8, 4) is 5.75 Å². The molecule has 0 fully saturated rings. The van der Waals surface area contributed by atoms with Gasteiger partial charge in [0.15, 0.2) is 5.75 Å². The number of rotatable bonds is 3. The molecule has 0 aliphatic carbocycles. The summed E-state index contributed by atoms with van der Waals surface area (Å²) in [7, 11) is 0. The van der Waals surface area contributed by atoms with Crippen LogP contribution in [0.2, 0.25) is 0 Å². The van der Waals surface area contributed by atoms with E-state index in [1.54, 1.807) is 31.5 Å². The molecule has 0 unspecified atom stereocenters. The lowest BCUT2D eigenvalue weighted by atomic mass is 10.5. The van der Waals surface area contributed by atoms with Gasteiger partial charge in [0, 0.05) is 13.1 Å². The van der Waals surface area contributed by atoms with Crippen molar-refractivity contribution in [3.63, 3.8) is 0 Å². The van der Waals surface area contributed by atoms with E-state index in [9.17, 15) is 0 Å². The van der Waals surface area contributed by atoms with Gasteiger partial charge in [0.2, 0.25) is 5.90 Å². The topological polar surface area (TPSA) is 43.7 Å². The number of hydrogen-bond acceptors (Lipinski definition) is 4. The molecule has 0 saturated carbocycles. The van der Waals surface area contributed by atoms with E-state index < -0.39 is 0 Å². The van der Waals surface area contributed by atoms with Gasteiger partial charge in [-0.05, 0) is 24.2 Å². The fraction of sp³-hybridized carbons (Fsp3) is 0.333. The molecular weight excluding hydrogens is 168 g/mol. The highest BCUT2D eigenvalue weighted by molar-refractivity contribution is 5.72. The summed E-state index contributed by atoms with van der Waals surface area (Å²) < 4.78 is 5.07. The van der Waals surface area contributed by atoms with Gasteiger partial charge in [0.1, 0.15) is 0 Å². The van der Waals surface area contributed by atoms with Gasteiger partial charge in [-0.15, -0.1) is 0 Å². The van der Waals surface area contributed by atoms with Crippen molar-refractivity contribution in [2.24, 2.45) is 5.16 Å². The van der Waals surface area contributed by atoms with E-state index >= 15 is 0 Å². The van der Waals surface area contributed by atoms with Crippen LogP contribution in [0.3, 0.4) is 0 Å². The minimum absolute atomic E-state index is 0.506. The maximum Gasteiger partial charge on any atom is 0.223 e. The standard InChI is InChI=1S/C9H12N2O2/c1-3-12-8(2)11-13-9-5-4-6-10-7-9/h4-7H,3H2,1-2H3/b11-8+. The summed E-state index contributed by atoms with van der Waals surface area (Å²) >= 11 is 0. The summed E-state index contributed by atoms with van der Waals surface area (Å²) in [6.07, 6.45) is 3.26. The Morgan fingerprint density at radius 3 is 3.08 bits per heavy atom. The molecule has 1 aromatic rings. The fourth-order valence-electron chi connectivity index (χ4n) is 0.753. The lowest BCUT2D eigenvalue weighted by molar-refractivity contribution is 0.275. The Kier molecular flexibility index (Phi) is 3.75. The summed E-state index contributed by atoms with van der Waals surface area (Å²) in [5, 5.41) is 3.74. The van der Waals surface area contributed by atoms with Crippen molar-refractivity contribution in [2.75, 3.05) is 6.61 Å². The first-order chi connectivity index (χ1) is 6.33. The molecule has 0 aromatic carbocycles. The summed E-state index contributed by atoms with van der Waals surface area (Å²) in [6.45, 7) is 4.22. The zero-order chi connectivity index (χ0) is 9.52. The molecule has 0 saturated heterocycles. The van der Waals surface area contributed by atoms with Crippen LogP contribution >= 0.6 is 0 Å². The van der Waals surface area contributed by atoms with Crippen molar-refractivity contribution in [2.45, 2.75) is 13.8 Å². The van der Waals surface area contributed by atoms with Gasteiger partial charge in [0.05, 0.1) is 12.8 Å². The summed E-state index contributed by atoms with van der Waals surface area (Å²) in [6, 6.07) is 3.55. The Bertz CT molecular complexity index is 272. The highest BCUT2D eigenvalue weighted by Crippen LogP contribution is 2.06. The molecule has 4 heteroatoms. The monoisotopic (exact) mass is 180 g/mol. The zero-order valence-electron chi connectivity index (χ0n) is 7.73. The SMILES string of the molecule is CCO/C(C)=N/Oc1cccnc1. The van der Waals surface area contributed by atoms with E-state index in [4.69, 9.17) is 9.57 Å². The number of oxime groups is 1. The van der Waals surface area contributed by atoms with E-state index in [0.29, 0.717) is 18.3 Å². The quantitative estimate of drug-likeness (QED) is 0.405. The van der Waals surface area contributed by atoms with Crippen molar-refractivity contribution in [1.82, 2.24) is 4.98 Å². The minimum atomic E-state index is 0.506. The molecule has 1 aromatic heterocycles. The molecule has 0 aliphatic heterocycles. The molecule has 1 rings (SSSR count). The van der Waals surface area contributed by atoms with Crippen LogP contribution < -0.4 is 4.84 Å². The van der Waals surface area contributed by atoms with Crippen LogP contribution in [0.1, 0.15) is 13.8 Å². The third-order valence-electron chi connectivity index (χ3n) is 1.27.